The number of carbonyl (C=O) groups is 2. The fraction of sp³-hybridized carbons (Fsp3) is 0.833. The molecule has 0 aromatic heterocycles. The summed E-state index contributed by atoms with van der Waals surface area (Å²) >= 11 is 0. The maximum absolute atomic E-state index is 12.3. The second kappa shape index (κ2) is 7.33. The summed E-state index contributed by atoms with van der Waals surface area (Å²) in [4.78, 5) is 25.3. The maximum Gasteiger partial charge on any atom is 0.241 e. The van der Waals surface area contributed by atoms with E-state index >= 15 is 0 Å². The fourth-order valence-electron chi connectivity index (χ4n) is 1.97. The van der Waals surface area contributed by atoms with Crippen LogP contribution in [0.2, 0.25) is 0 Å². The molecule has 0 aromatic carbocycles. The minimum Gasteiger partial charge on any atom is -0.358 e. The second-order valence-corrected chi connectivity index (χ2v) is 4.70. The number of piperazine rings is 1. The second-order valence-electron chi connectivity index (χ2n) is 4.70. The van der Waals surface area contributed by atoms with Gasteiger partial charge in [-0.1, -0.05) is 6.92 Å². The maximum atomic E-state index is 12.3. The van der Waals surface area contributed by atoms with Gasteiger partial charge in [-0.15, -0.1) is 0 Å². The number of likely N-dealkylation sites (N-methyl/N-ethyl adjacent to an activating group) is 1. The molecule has 1 heterocycles. The molecule has 6 nitrogen and oxygen atoms in total. The van der Waals surface area contributed by atoms with E-state index < -0.39 is 0 Å². The average Bonchev–Trinajstić information content (AvgIpc) is 2.38. The fourth-order valence-corrected chi connectivity index (χ4v) is 1.97. The highest BCUT2D eigenvalue weighted by Crippen LogP contribution is 2.01. The number of nitrogens with one attached hydrogen (secondary N) is 3. The van der Waals surface area contributed by atoms with E-state index in [9.17, 15) is 9.59 Å². The minimum absolute atomic E-state index is 0.000139. The number of hydrogen-bond acceptors (Lipinski definition) is 4. The molecule has 6 heteroatoms. The van der Waals surface area contributed by atoms with E-state index in [2.05, 4.69) is 22.9 Å². The molecule has 0 saturated carbocycles. The van der Waals surface area contributed by atoms with Crippen molar-refractivity contribution in [3.05, 3.63) is 0 Å². The zero-order valence-electron chi connectivity index (χ0n) is 11.5. The van der Waals surface area contributed by atoms with Gasteiger partial charge in [0.1, 0.15) is 0 Å². The lowest BCUT2D eigenvalue weighted by Crippen LogP contribution is -2.60. The summed E-state index contributed by atoms with van der Waals surface area (Å²) in [6.45, 7) is 6.21. The molecule has 104 valence electrons. The molecule has 1 saturated heterocycles. The summed E-state index contributed by atoms with van der Waals surface area (Å²) in [5.41, 5.74) is 0. The van der Waals surface area contributed by atoms with Crippen LogP contribution < -0.4 is 16.0 Å². The molecule has 3 N–H and O–H groups in total. The van der Waals surface area contributed by atoms with Crippen molar-refractivity contribution in [1.82, 2.24) is 20.9 Å². The summed E-state index contributed by atoms with van der Waals surface area (Å²) in [6.07, 6.45) is 0.847. The van der Waals surface area contributed by atoms with Gasteiger partial charge in [-0.25, -0.2) is 0 Å². The summed E-state index contributed by atoms with van der Waals surface area (Å²) in [5, 5.41) is 9.03. The first kappa shape index (κ1) is 14.9. The van der Waals surface area contributed by atoms with Gasteiger partial charge in [0, 0.05) is 32.7 Å². The van der Waals surface area contributed by atoms with Crippen molar-refractivity contribution in [3.63, 3.8) is 0 Å². The molecule has 1 fully saturated rings. The van der Waals surface area contributed by atoms with Gasteiger partial charge in [0.15, 0.2) is 0 Å². The zero-order valence-corrected chi connectivity index (χ0v) is 11.5. The van der Waals surface area contributed by atoms with Crippen LogP contribution in [0.5, 0.6) is 0 Å². The molecule has 1 rings (SSSR count). The molecule has 0 bridgehead atoms. The minimum atomic E-state index is -0.225. The molecule has 18 heavy (non-hydrogen) atoms. The van der Waals surface area contributed by atoms with Crippen LogP contribution in [0.1, 0.15) is 20.3 Å². The summed E-state index contributed by atoms with van der Waals surface area (Å²) in [6, 6.07) is 0.157. The highest BCUT2D eigenvalue weighted by Gasteiger charge is 2.27. The van der Waals surface area contributed by atoms with Gasteiger partial charge >= 0.3 is 0 Å². The van der Waals surface area contributed by atoms with Gasteiger partial charge in [0.05, 0.1) is 12.6 Å². The van der Waals surface area contributed by atoms with Gasteiger partial charge in [0.2, 0.25) is 11.8 Å². The Kier molecular flexibility index (Phi) is 6.07. The third-order valence-electron chi connectivity index (χ3n) is 3.06. The third kappa shape index (κ3) is 4.27. The summed E-state index contributed by atoms with van der Waals surface area (Å²) in [7, 11) is 1.58. The molecule has 1 aliphatic heterocycles. The molecule has 0 radical (unpaired) electrons. The number of amides is 2. The van der Waals surface area contributed by atoms with Gasteiger partial charge in [-0.2, -0.15) is 0 Å². The first-order valence-corrected chi connectivity index (χ1v) is 6.54. The van der Waals surface area contributed by atoms with Crippen LogP contribution in [0.25, 0.3) is 0 Å². The molecule has 0 aromatic rings. The van der Waals surface area contributed by atoms with E-state index in [4.69, 9.17) is 0 Å². The lowest BCUT2D eigenvalue weighted by Gasteiger charge is -2.32. The molecule has 1 aliphatic rings. The van der Waals surface area contributed by atoms with Crippen molar-refractivity contribution >= 4 is 11.8 Å². The largest absolute Gasteiger partial charge is 0.358 e. The SMILES string of the molecule is CCCN(CC(=O)NC)C(=O)C1CNC(C)CN1. The monoisotopic (exact) mass is 256 g/mol. The van der Waals surface area contributed by atoms with Gasteiger partial charge in [-0.3, -0.25) is 9.59 Å². The van der Waals surface area contributed by atoms with E-state index in [1.54, 1.807) is 11.9 Å². The Morgan fingerprint density at radius 1 is 1.33 bits per heavy atom. The Morgan fingerprint density at radius 2 is 2.06 bits per heavy atom. The number of nitrogens with zero attached hydrogens (tertiary/aromatic N) is 1. The third-order valence-corrected chi connectivity index (χ3v) is 3.06. The Hall–Kier alpha value is -1.14. The molecule has 0 spiro atoms. The molecule has 2 unspecified atom stereocenters. The number of hydrogen-bond donors (Lipinski definition) is 3. The zero-order chi connectivity index (χ0) is 13.5. The van der Waals surface area contributed by atoms with Gasteiger partial charge in [0.25, 0.3) is 0 Å². The van der Waals surface area contributed by atoms with Crippen molar-refractivity contribution in [1.29, 1.82) is 0 Å². The van der Waals surface area contributed by atoms with E-state index in [0.717, 1.165) is 13.0 Å². The van der Waals surface area contributed by atoms with Crippen LogP contribution >= 0.6 is 0 Å². The molecule has 2 atom stereocenters. The van der Waals surface area contributed by atoms with Crippen LogP contribution in [-0.4, -0.2) is 62.0 Å². The van der Waals surface area contributed by atoms with Crippen molar-refractivity contribution < 1.29 is 9.59 Å². The predicted molar refractivity (Wildman–Crippen MR) is 70.2 cm³/mol. The standard InChI is InChI=1S/C12H24N4O2/c1-4-5-16(8-11(17)13-3)12(18)10-7-14-9(2)6-15-10/h9-10,14-15H,4-8H2,1-3H3,(H,13,17). The van der Waals surface area contributed by atoms with Crippen LogP contribution in [0.4, 0.5) is 0 Å². The molecule has 2 amide bonds. The van der Waals surface area contributed by atoms with E-state index in [-0.39, 0.29) is 24.4 Å². The Balaban J connectivity index is 2.55. The predicted octanol–water partition coefficient (Wildman–Crippen LogP) is -1.08. The van der Waals surface area contributed by atoms with Crippen LogP contribution in [-0.2, 0) is 9.59 Å². The smallest absolute Gasteiger partial charge is 0.241 e. The van der Waals surface area contributed by atoms with E-state index in [1.165, 1.54) is 0 Å². The Bertz CT molecular complexity index is 288. The topological polar surface area (TPSA) is 73.5 Å². The number of rotatable bonds is 5. The molecule has 0 aliphatic carbocycles. The molecular weight excluding hydrogens is 232 g/mol. The van der Waals surface area contributed by atoms with Crippen molar-refractivity contribution in [2.45, 2.75) is 32.4 Å². The Labute approximate surface area is 108 Å². The van der Waals surface area contributed by atoms with Gasteiger partial charge in [-0.05, 0) is 13.3 Å². The summed E-state index contributed by atoms with van der Waals surface area (Å²) in [5.74, 6) is -0.131. The van der Waals surface area contributed by atoms with E-state index in [0.29, 0.717) is 19.1 Å². The van der Waals surface area contributed by atoms with Crippen LogP contribution in [0.3, 0.4) is 0 Å². The molecular formula is C12H24N4O2. The number of carbonyl (C=O) groups excluding carboxylic acids is 2. The van der Waals surface area contributed by atoms with Crippen molar-refractivity contribution in [3.8, 4) is 0 Å². The quantitative estimate of drug-likeness (QED) is 0.585. The highest BCUT2D eigenvalue weighted by molar-refractivity contribution is 5.87. The highest BCUT2D eigenvalue weighted by atomic mass is 16.2. The van der Waals surface area contributed by atoms with Gasteiger partial charge < -0.3 is 20.9 Å². The lowest BCUT2D eigenvalue weighted by atomic mass is 10.1. The van der Waals surface area contributed by atoms with E-state index in [1.807, 2.05) is 6.92 Å². The average molecular weight is 256 g/mol. The lowest BCUT2D eigenvalue weighted by molar-refractivity contribution is -0.138. The first-order chi connectivity index (χ1) is 8.58. The first-order valence-electron chi connectivity index (χ1n) is 6.54. The normalized spacial score (nSPS) is 23.5. The Morgan fingerprint density at radius 3 is 2.56 bits per heavy atom. The van der Waals surface area contributed by atoms with Crippen LogP contribution in [0.15, 0.2) is 0 Å². The van der Waals surface area contributed by atoms with Crippen molar-refractivity contribution in [2.24, 2.45) is 0 Å². The van der Waals surface area contributed by atoms with Crippen molar-refractivity contribution in [2.75, 3.05) is 33.2 Å². The van der Waals surface area contributed by atoms with Crippen LogP contribution in [0, 0.1) is 0 Å². The summed E-state index contributed by atoms with van der Waals surface area (Å²) < 4.78 is 0.